The number of aromatic nitrogens is 2. The number of hydrogen-bond acceptors (Lipinski definition) is 3. The third-order valence-corrected chi connectivity index (χ3v) is 3.95. The molecule has 0 bridgehead atoms. The summed E-state index contributed by atoms with van der Waals surface area (Å²) in [5.41, 5.74) is 2.43. The lowest BCUT2D eigenvalue weighted by Gasteiger charge is -2.13. The van der Waals surface area contributed by atoms with Gasteiger partial charge in [0.15, 0.2) is 0 Å². The average Bonchev–Trinajstić information content (AvgIpc) is 2.53. The fourth-order valence-corrected chi connectivity index (χ4v) is 2.68. The Labute approximate surface area is 114 Å². The van der Waals surface area contributed by atoms with Crippen LogP contribution in [0.4, 0.5) is 0 Å². The molecule has 0 aromatic carbocycles. The summed E-state index contributed by atoms with van der Waals surface area (Å²) in [6, 6.07) is 0.204. The topological polar surface area (TPSA) is 46.9 Å². The number of carbonyl (C=O) groups excluding carboxylic acids is 1. The summed E-state index contributed by atoms with van der Waals surface area (Å²) < 4.78 is 1.75. The largest absolute Gasteiger partial charge is 0.349 e. The van der Waals surface area contributed by atoms with Crippen LogP contribution in [0.2, 0.25) is 0 Å². The van der Waals surface area contributed by atoms with E-state index in [4.69, 9.17) is 0 Å². The van der Waals surface area contributed by atoms with Crippen LogP contribution in [0.15, 0.2) is 0 Å². The van der Waals surface area contributed by atoms with Gasteiger partial charge in [-0.05, 0) is 38.7 Å². The van der Waals surface area contributed by atoms with Gasteiger partial charge < -0.3 is 5.32 Å². The summed E-state index contributed by atoms with van der Waals surface area (Å²) >= 11 is 1.90. The maximum absolute atomic E-state index is 12.2. The van der Waals surface area contributed by atoms with E-state index in [-0.39, 0.29) is 11.9 Å². The predicted molar refractivity (Wildman–Crippen MR) is 77.2 cm³/mol. The molecule has 1 atom stereocenters. The van der Waals surface area contributed by atoms with Crippen molar-refractivity contribution in [1.29, 1.82) is 0 Å². The summed E-state index contributed by atoms with van der Waals surface area (Å²) in [6.07, 6.45) is 1.00. The van der Waals surface area contributed by atoms with Gasteiger partial charge in [0.2, 0.25) is 0 Å². The highest BCUT2D eigenvalue weighted by atomic mass is 32.2. The van der Waals surface area contributed by atoms with Gasteiger partial charge >= 0.3 is 0 Å². The molecule has 4 nitrogen and oxygen atoms in total. The molecule has 1 rings (SSSR count). The molecular weight excluding hydrogens is 246 g/mol. The zero-order valence-electron chi connectivity index (χ0n) is 11.9. The molecule has 0 saturated heterocycles. The molecule has 0 radical (unpaired) electrons. The minimum atomic E-state index is -0.00732. The van der Waals surface area contributed by atoms with E-state index in [2.05, 4.69) is 24.3 Å². The van der Waals surface area contributed by atoms with Gasteiger partial charge in [-0.15, -0.1) is 0 Å². The molecule has 1 amide bonds. The minimum absolute atomic E-state index is 0.00732. The maximum atomic E-state index is 12.2. The van der Waals surface area contributed by atoms with Crippen LogP contribution in [-0.4, -0.2) is 33.2 Å². The first kappa shape index (κ1) is 15.1. The van der Waals surface area contributed by atoms with Crippen LogP contribution in [0.25, 0.3) is 0 Å². The summed E-state index contributed by atoms with van der Waals surface area (Å²) in [5.74, 6) is 2.21. The van der Waals surface area contributed by atoms with Gasteiger partial charge in [0.25, 0.3) is 5.91 Å². The Morgan fingerprint density at radius 3 is 2.67 bits per heavy atom. The van der Waals surface area contributed by atoms with Crippen LogP contribution in [0.3, 0.4) is 0 Å². The molecule has 5 heteroatoms. The number of nitrogens with zero attached hydrogens (tertiary/aromatic N) is 2. The van der Waals surface area contributed by atoms with E-state index in [1.807, 2.05) is 32.7 Å². The van der Waals surface area contributed by atoms with E-state index in [1.165, 1.54) is 0 Å². The van der Waals surface area contributed by atoms with Crippen molar-refractivity contribution in [3.63, 3.8) is 0 Å². The molecule has 0 saturated carbocycles. The van der Waals surface area contributed by atoms with E-state index in [1.54, 1.807) is 4.68 Å². The lowest BCUT2D eigenvalue weighted by atomic mass is 10.1. The predicted octanol–water partition coefficient (Wildman–Crippen LogP) is 2.30. The Bertz CT molecular complexity index is 415. The molecule has 1 N–H and O–H groups in total. The average molecular weight is 269 g/mol. The Hall–Kier alpha value is -0.970. The molecule has 0 aliphatic heterocycles. The van der Waals surface area contributed by atoms with Gasteiger partial charge in [0.05, 0.1) is 11.3 Å². The summed E-state index contributed by atoms with van der Waals surface area (Å²) in [6.45, 7) is 8.00. The molecule has 0 fully saturated rings. The molecule has 0 aliphatic carbocycles. The van der Waals surface area contributed by atoms with Crippen molar-refractivity contribution < 1.29 is 4.79 Å². The second kappa shape index (κ2) is 6.83. The monoisotopic (exact) mass is 269 g/mol. The number of carbonyl (C=O) groups is 1. The first-order chi connectivity index (χ1) is 8.47. The molecule has 1 aromatic rings. The molecule has 1 heterocycles. The molecule has 18 heavy (non-hydrogen) atoms. The fraction of sp³-hybridized carbons (Fsp3) is 0.692. The van der Waals surface area contributed by atoms with E-state index < -0.39 is 0 Å². The van der Waals surface area contributed by atoms with Crippen molar-refractivity contribution in [3.05, 3.63) is 17.0 Å². The standard InChI is InChI=1S/C13H23N3OS/c1-6-18-8-7-9(2)14-13(17)12-10(3)15-16(5)11(12)4/h9H,6-8H2,1-5H3,(H,14,17)/t9-/m0/s1. The second-order valence-corrected chi connectivity index (χ2v) is 5.92. The number of rotatable bonds is 6. The van der Waals surface area contributed by atoms with E-state index in [0.717, 1.165) is 29.3 Å². The van der Waals surface area contributed by atoms with Gasteiger partial charge in [-0.2, -0.15) is 16.9 Å². The molecule has 0 unspecified atom stereocenters. The van der Waals surface area contributed by atoms with Crippen molar-refractivity contribution in [2.75, 3.05) is 11.5 Å². The van der Waals surface area contributed by atoms with Crippen molar-refractivity contribution in [2.45, 2.75) is 40.2 Å². The van der Waals surface area contributed by atoms with Gasteiger partial charge in [-0.3, -0.25) is 9.48 Å². The van der Waals surface area contributed by atoms with Crippen molar-refractivity contribution in [3.8, 4) is 0 Å². The summed E-state index contributed by atoms with van der Waals surface area (Å²) in [5, 5.41) is 7.31. The van der Waals surface area contributed by atoms with Crippen LogP contribution >= 0.6 is 11.8 Å². The summed E-state index contributed by atoms with van der Waals surface area (Å²) in [4.78, 5) is 12.2. The van der Waals surface area contributed by atoms with Crippen LogP contribution in [0.1, 0.15) is 42.0 Å². The highest BCUT2D eigenvalue weighted by Crippen LogP contribution is 2.12. The number of thioether (sulfide) groups is 1. The Kier molecular flexibility index (Phi) is 5.72. The zero-order valence-corrected chi connectivity index (χ0v) is 12.7. The third kappa shape index (κ3) is 3.77. The maximum Gasteiger partial charge on any atom is 0.255 e. The van der Waals surface area contributed by atoms with Crippen LogP contribution < -0.4 is 5.32 Å². The first-order valence-corrected chi connectivity index (χ1v) is 7.51. The van der Waals surface area contributed by atoms with Gasteiger partial charge in [0, 0.05) is 18.8 Å². The lowest BCUT2D eigenvalue weighted by molar-refractivity contribution is 0.0938. The van der Waals surface area contributed by atoms with Gasteiger partial charge in [0.1, 0.15) is 0 Å². The zero-order chi connectivity index (χ0) is 13.7. The van der Waals surface area contributed by atoms with Gasteiger partial charge in [-0.1, -0.05) is 6.92 Å². The minimum Gasteiger partial charge on any atom is -0.349 e. The molecule has 0 spiro atoms. The summed E-state index contributed by atoms with van der Waals surface area (Å²) in [7, 11) is 1.86. The first-order valence-electron chi connectivity index (χ1n) is 6.36. The Morgan fingerprint density at radius 2 is 2.17 bits per heavy atom. The molecule has 0 aliphatic rings. The van der Waals surface area contributed by atoms with Crippen molar-refractivity contribution in [2.24, 2.45) is 7.05 Å². The number of nitrogens with one attached hydrogen (secondary N) is 1. The third-order valence-electron chi connectivity index (χ3n) is 3.01. The number of aryl methyl sites for hydroxylation is 2. The highest BCUT2D eigenvalue weighted by molar-refractivity contribution is 7.99. The SMILES string of the molecule is CCSCC[C@H](C)NC(=O)c1c(C)nn(C)c1C. The Morgan fingerprint density at radius 1 is 1.50 bits per heavy atom. The van der Waals surface area contributed by atoms with E-state index in [9.17, 15) is 4.79 Å². The Balaban J connectivity index is 2.59. The second-order valence-electron chi connectivity index (χ2n) is 4.53. The molecule has 1 aromatic heterocycles. The van der Waals surface area contributed by atoms with Crippen molar-refractivity contribution >= 4 is 17.7 Å². The highest BCUT2D eigenvalue weighted by Gasteiger charge is 2.18. The number of hydrogen-bond donors (Lipinski definition) is 1. The number of amides is 1. The van der Waals surface area contributed by atoms with E-state index >= 15 is 0 Å². The van der Waals surface area contributed by atoms with Gasteiger partial charge in [-0.25, -0.2) is 0 Å². The normalized spacial score (nSPS) is 12.5. The smallest absolute Gasteiger partial charge is 0.255 e. The molecule has 102 valence electrons. The van der Waals surface area contributed by atoms with Crippen LogP contribution in [-0.2, 0) is 7.05 Å². The van der Waals surface area contributed by atoms with Crippen LogP contribution in [0, 0.1) is 13.8 Å². The van der Waals surface area contributed by atoms with E-state index in [0.29, 0.717) is 5.56 Å². The lowest BCUT2D eigenvalue weighted by Crippen LogP contribution is -2.33. The van der Waals surface area contributed by atoms with Crippen molar-refractivity contribution in [1.82, 2.24) is 15.1 Å². The quantitative estimate of drug-likeness (QED) is 0.806. The van der Waals surface area contributed by atoms with Crippen LogP contribution in [0.5, 0.6) is 0 Å². The fourth-order valence-electron chi connectivity index (χ4n) is 1.87. The molecular formula is C13H23N3OS.